The molecule has 6 heteroatoms. The molecular formula is C27H24N4OS. The summed E-state index contributed by atoms with van der Waals surface area (Å²) < 4.78 is 8.69. The maximum atomic E-state index is 6.69. The summed E-state index contributed by atoms with van der Waals surface area (Å²) >= 11 is 1.55. The molecule has 0 radical (unpaired) electrons. The molecule has 3 aromatic carbocycles. The van der Waals surface area contributed by atoms with E-state index in [1.165, 1.54) is 11.1 Å². The van der Waals surface area contributed by atoms with Gasteiger partial charge < -0.3 is 10.1 Å². The molecule has 1 N–H and O–H groups in total. The van der Waals surface area contributed by atoms with Gasteiger partial charge in [0.25, 0.3) is 0 Å². The van der Waals surface area contributed by atoms with Crippen LogP contribution in [0, 0.1) is 13.8 Å². The summed E-state index contributed by atoms with van der Waals surface area (Å²) in [5.74, 6) is 1.62. The van der Waals surface area contributed by atoms with Crippen LogP contribution in [0.15, 0.2) is 83.5 Å². The molecule has 2 atom stereocenters. The number of rotatable bonds is 3. The summed E-state index contributed by atoms with van der Waals surface area (Å²) in [6, 6.07) is 25.4. The van der Waals surface area contributed by atoms with E-state index in [4.69, 9.17) is 14.8 Å². The number of aryl methyl sites for hydroxylation is 2. The average Bonchev–Trinajstić information content (AvgIpc) is 3.26. The highest BCUT2D eigenvalue weighted by Crippen LogP contribution is 2.50. The van der Waals surface area contributed by atoms with Gasteiger partial charge in [-0.2, -0.15) is 4.98 Å². The Balaban J connectivity index is 1.62. The van der Waals surface area contributed by atoms with Gasteiger partial charge in [-0.1, -0.05) is 83.6 Å². The summed E-state index contributed by atoms with van der Waals surface area (Å²) in [6.45, 7) is 4.22. The number of anilines is 1. The molecular weight excluding hydrogens is 428 g/mol. The van der Waals surface area contributed by atoms with E-state index in [2.05, 4.69) is 73.8 Å². The van der Waals surface area contributed by atoms with Gasteiger partial charge in [-0.15, -0.1) is 5.10 Å². The van der Waals surface area contributed by atoms with Crippen molar-refractivity contribution in [2.24, 2.45) is 0 Å². The van der Waals surface area contributed by atoms with Gasteiger partial charge in [0.2, 0.25) is 11.1 Å². The molecule has 5 nitrogen and oxygen atoms in total. The molecule has 0 bridgehead atoms. The predicted octanol–water partition coefficient (Wildman–Crippen LogP) is 6.18. The Morgan fingerprint density at radius 2 is 1.55 bits per heavy atom. The Morgan fingerprint density at radius 3 is 2.24 bits per heavy atom. The van der Waals surface area contributed by atoms with Crippen molar-refractivity contribution in [1.29, 1.82) is 0 Å². The van der Waals surface area contributed by atoms with Crippen LogP contribution in [0.3, 0.4) is 0 Å². The fourth-order valence-corrected chi connectivity index (χ4v) is 4.98. The molecule has 0 aliphatic carbocycles. The highest BCUT2D eigenvalue weighted by atomic mass is 32.2. The molecule has 164 valence electrons. The van der Waals surface area contributed by atoms with Crippen LogP contribution in [0.2, 0.25) is 0 Å². The first kappa shape index (κ1) is 20.1. The van der Waals surface area contributed by atoms with Gasteiger partial charge in [0.15, 0.2) is 0 Å². The Hall–Kier alpha value is -3.51. The van der Waals surface area contributed by atoms with Crippen molar-refractivity contribution >= 4 is 23.4 Å². The van der Waals surface area contributed by atoms with Crippen LogP contribution in [-0.2, 0) is 0 Å². The van der Waals surface area contributed by atoms with Gasteiger partial charge in [-0.25, -0.2) is 4.68 Å². The molecule has 2 aliphatic heterocycles. The minimum Gasteiger partial charge on any atom is -0.480 e. The second kappa shape index (κ2) is 7.81. The molecule has 1 aromatic heterocycles. The minimum atomic E-state index is -0.246. The van der Waals surface area contributed by atoms with Crippen LogP contribution >= 0.6 is 11.8 Å². The van der Waals surface area contributed by atoms with E-state index in [-0.39, 0.29) is 12.1 Å². The molecule has 2 aliphatic rings. The first-order chi connectivity index (χ1) is 16.1. The third-order valence-corrected chi connectivity index (χ3v) is 6.85. The lowest BCUT2D eigenvalue weighted by Gasteiger charge is -2.39. The van der Waals surface area contributed by atoms with Crippen molar-refractivity contribution in [3.05, 3.63) is 106 Å². The number of hydrogen-bond acceptors (Lipinski definition) is 5. The Labute approximate surface area is 197 Å². The van der Waals surface area contributed by atoms with Gasteiger partial charge in [-0.3, -0.25) is 0 Å². The fraction of sp³-hybridized carbons (Fsp3) is 0.185. The van der Waals surface area contributed by atoms with Crippen molar-refractivity contribution in [3.8, 4) is 5.75 Å². The number of para-hydroxylation sites is 1. The van der Waals surface area contributed by atoms with Crippen LogP contribution < -0.4 is 10.1 Å². The highest BCUT2D eigenvalue weighted by molar-refractivity contribution is 7.98. The van der Waals surface area contributed by atoms with E-state index in [0.29, 0.717) is 0 Å². The second-order valence-corrected chi connectivity index (χ2v) is 9.31. The first-order valence-corrected chi connectivity index (χ1v) is 12.3. The lowest BCUT2D eigenvalue weighted by Crippen LogP contribution is -2.32. The van der Waals surface area contributed by atoms with E-state index in [1.807, 2.05) is 29.1 Å². The third-order valence-electron chi connectivity index (χ3n) is 6.32. The number of fused-ring (bicyclic) bond motifs is 3. The molecule has 0 fully saturated rings. The van der Waals surface area contributed by atoms with Crippen molar-refractivity contribution < 1.29 is 4.74 Å². The molecule has 33 heavy (non-hydrogen) atoms. The van der Waals surface area contributed by atoms with Crippen LogP contribution in [-0.4, -0.2) is 21.0 Å². The fourth-order valence-electron chi connectivity index (χ4n) is 4.63. The van der Waals surface area contributed by atoms with Crippen molar-refractivity contribution in [2.45, 2.75) is 31.1 Å². The summed E-state index contributed by atoms with van der Waals surface area (Å²) in [4.78, 5) is 4.76. The van der Waals surface area contributed by atoms with Crippen LogP contribution in [0.1, 0.15) is 40.0 Å². The van der Waals surface area contributed by atoms with Crippen molar-refractivity contribution in [3.63, 3.8) is 0 Å². The quantitative estimate of drug-likeness (QED) is 0.376. The van der Waals surface area contributed by atoms with Gasteiger partial charge >= 0.3 is 0 Å². The minimum absolute atomic E-state index is 0.134. The number of ether oxygens (including phenoxy) is 1. The number of aromatic nitrogens is 3. The zero-order chi connectivity index (χ0) is 22.5. The summed E-state index contributed by atoms with van der Waals surface area (Å²) in [6.07, 6.45) is 1.76. The van der Waals surface area contributed by atoms with E-state index >= 15 is 0 Å². The predicted molar refractivity (Wildman–Crippen MR) is 133 cm³/mol. The maximum absolute atomic E-state index is 6.69. The Morgan fingerprint density at radius 1 is 0.879 bits per heavy atom. The molecule has 6 rings (SSSR count). The molecule has 0 amide bonds. The van der Waals surface area contributed by atoms with Crippen LogP contribution in [0.25, 0.3) is 5.70 Å². The third kappa shape index (κ3) is 3.33. The summed E-state index contributed by atoms with van der Waals surface area (Å²) in [5.41, 5.74) is 7.98. The summed E-state index contributed by atoms with van der Waals surface area (Å²) in [5, 5.41) is 9.21. The summed E-state index contributed by atoms with van der Waals surface area (Å²) in [7, 11) is 0. The SMILES string of the molecule is CSc1nc2n(n1)C(c1ccc(C)cc1)C1=C(N2)c2ccccc2OC1c1ccc(C)cc1. The average molecular weight is 453 g/mol. The number of hydrogen-bond donors (Lipinski definition) is 1. The number of thioether (sulfide) groups is 1. The van der Waals surface area contributed by atoms with Crippen LogP contribution in [0.4, 0.5) is 5.95 Å². The number of nitrogens with zero attached hydrogens (tertiary/aromatic N) is 3. The maximum Gasteiger partial charge on any atom is 0.227 e. The molecule has 3 heterocycles. The Kier molecular flexibility index (Phi) is 4.76. The monoisotopic (exact) mass is 452 g/mol. The lowest BCUT2D eigenvalue weighted by atomic mass is 9.84. The topological polar surface area (TPSA) is 52.0 Å². The lowest BCUT2D eigenvalue weighted by molar-refractivity contribution is 0.223. The highest BCUT2D eigenvalue weighted by Gasteiger charge is 2.41. The Bertz CT molecular complexity index is 1370. The van der Waals surface area contributed by atoms with Crippen molar-refractivity contribution in [1.82, 2.24) is 14.8 Å². The van der Waals surface area contributed by atoms with E-state index in [9.17, 15) is 0 Å². The smallest absolute Gasteiger partial charge is 0.227 e. The zero-order valence-corrected chi connectivity index (χ0v) is 19.6. The molecule has 2 unspecified atom stereocenters. The van der Waals surface area contributed by atoms with Gasteiger partial charge in [0, 0.05) is 11.1 Å². The normalized spacial score (nSPS) is 18.6. The van der Waals surface area contributed by atoms with Crippen LogP contribution in [0.5, 0.6) is 5.75 Å². The molecule has 0 saturated carbocycles. The molecule has 0 spiro atoms. The van der Waals surface area contributed by atoms with Crippen molar-refractivity contribution in [2.75, 3.05) is 11.6 Å². The van der Waals surface area contributed by atoms with Gasteiger partial charge in [0.05, 0.1) is 5.70 Å². The largest absolute Gasteiger partial charge is 0.480 e. The van der Waals surface area contributed by atoms with Gasteiger partial charge in [0.1, 0.15) is 17.9 Å². The van der Waals surface area contributed by atoms with E-state index in [1.54, 1.807) is 11.8 Å². The van der Waals surface area contributed by atoms with E-state index in [0.717, 1.165) is 44.8 Å². The van der Waals surface area contributed by atoms with E-state index < -0.39 is 0 Å². The number of benzene rings is 3. The molecule has 4 aromatic rings. The molecule has 0 saturated heterocycles. The first-order valence-electron chi connectivity index (χ1n) is 11.0. The number of nitrogens with one attached hydrogen (secondary N) is 1. The van der Waals surface area contributed by atoms with Gasteiger partial charge in [-0.05, 0) is 43.4 Å². The standard InChI is InChI=1S/C27H24N4OS/c1-16-8-12-18(13-9-16)24-22-23(28-26-29-27(33-3)30-31(24)26)20-6-4-5-7-21(20)32-25(22)19-14-10-17(2)11-15-19/h4-15,24-25H,1-3H3,(H,28,29,30). The second-order valence-electron chi connectivity index (χ2n) is 8.54. The zero-order valence-electron chi connectivity index (χ0n) is 18.7.